The van der Waals surface area contributed by atoms with Gasteiger partial charge in [-0.15, -0.1) is 0 Å². The molecule has 2 N–H and O–H groups in total. The topological polar surface area (TPSA) is 40.5 Å². The molecule has 4 aromatic carbocycles. The van der Waals surface area contributed by atoms with Crippen molar-refractivity contribution in [3.8, 4) is 11.5 Å². The van der Waals surface area contributed by atoms with E-state index in [1.165, 1.54) is 11.1 Å². The van der Waals surface area contributed by atoms with Crippen LogP contribution < -0.4 is 0 Å². The highest BCUT2D eigenvalue weighted by atomic mass is 32.2. The zero-order chi connectivity index (χ0) is 23.5. The molecular formula is C30H30O2S. The monoisotopic (exact) mass is 454 g/mol. The standard InChI is InChI=1S/C30H30O2S/c1-19-15-27(31)25(21(3)23-11-7-5-8-12-23)17-29(19)33-30-18-26(28(32)16-20(30)2)22(4)24-13-9-6-10-14-24/h5-18,21-22,31-32H,1-4H3. The third kappa shape index (κ3) is 4.94. The van der Waals surface area contributed by atoms with Gasteiger partial charge in [-0.05, 0) is 60.4 Å². The molecular weight excluding hydrogens is 424 g/mol. The summed E-state index contributed by atoms with van der Waals surface area (Å²) in [6, 6.07) is 28.5. The van der Waals surface area contributed by atoms with Crippen molar-refractivity contribution in [2.24, 2.45) is 0 Å². The molecule has 0 amide bonds. The average Bonchev–Trinajstić information content (AvgIpc) is 2.82. The predicted molar refractivity (Wildman–Crippen MR) is 138 cm³/mol. The van der Waals surface area contributed by atoms with Gasteiger partial charge < -0.3 is 10.2 Å². The number of hydrogen-bond acceptors (Lipinski definition) is 3. The number of rotatable bonds is 6. The van der Waals surface area contributed by atoms with Crippen LogP contribution in [0.25, 0.3) is 0 Å². The van der Waals surface area contributed by atoms with E-state index >= 15 is 0 Å². The minimum atomic E-state index is 0.0840. The third-order valence-corrected chi connectivity index (χ3v) is 7.72. The molecule has 0 spiro atoms. The van der Waals surface area contributed by atoms with E-state index in [0.29, 0.717) is 11.5 Å². The van der Waals surface area contributed by atoms with Gasteiger partial charge in [0.1, 0.15) is 11.5 Å². The van der Waals surface area contributed by atoms with Crippen LogP contribution in [-0.4, -0.2) is 10.2 Å². The fourth-order valence-corrected chi connectivity index (χ4v) is 5.30. The lowest BCUT2D eigenvalue weighted by Gasteiger charge is -2.19. The van der Waals surface area contributed by atoms with Crippen LogP contribution >= 0.6 is 11.8 Å². The highest BCUT2D eigenvalue weighted by Gasteiger charge is 2.18. The van der Waals surface area contributed by atoms with Crippen LogP contribution in [0.4, 0.5) is 0 Å². The Morgan fingerprint density at radius 2 is 0.939 bits per heavy atom. The van der Waals surface area contributed by atoms with E-state index in [4.69, 9.17) is 0 Å². The number of phenolic OH excluding ortho intramolecular Hbond substituents is 2. The predicted octanol–water partition coefficient (Wildman–Crippen LogP) is 8.17. The second kappa shape index (κ2) is 9.76. The van der Waals surface area contributed by atoms with Gasteiger partial charge in [0.05, 0.1) is 0 Å². The normalized spacial score (nSPS) is 13.0. The van der Waals surface area contributed by atoms with Crippen molar-refractivity contribution in [2.75, 3.05) is 0 Å². The van der Waals surface area contributed by atoms with Crippen LogP contribution in [0, 0.1) is 13.8 Å². The maximum atomic E-state index is 10.7. The Morgan fingerprint density at radius 3 is 1.30 bits per heavy atom. The largest absolute Gasteiger partial charge is 0.508 e. The molecule has 0 radical (unpaired) electrons. The minimum absolute atomic E-state index is 0.0840. The van der Waals surface area contributed by atoms with Crippen LogP contribution in [-0.2, 0) is 0 Å². The first-order valence-corrected chi connectivity index (χ1v) is 12.1. The summed E-state index contributed by atoms with van der Waals surface area (Å²) in [6.07, 6.45) is 0. The zero-order valence-corrected chi connectivity index (χ0v) is 20.4. The van der Waals surface area contributed by atoms with Crippen molar-refractivity contribution in [3.63, 3.8) is 0 Å². The summed E-state index contributed by atoms with van der Waals surface area (Å²) in [5, 5.41) is 21.4. The van der Waals surface area contributed by atoms with Crippen molar-refractivity contribution in [2.45, 2.75) is 49.3 Å². The summed E-state index contributed by atoms with van der Waals surface area (Å²) in [5.41, 5.74) is 6.25. The number of aryl methyl sites for hydroxylation is 2. The van der Waals surface area contributed by atoms with E-state index in [2.05, 4.69) is 50.2 Å². The van der Waals surface area contributed by atoms with Gasteiger partial charge in [-0.2, -0.15) is 0 Å². The Bertz CT molecular complexity index is 1150. The molecule has 2 atom stereocenters. The molecule has 0 aromatic heterocycles. The molecule has 2 unspecified atom stereocenters. The summed E-state index contributed by atoms with van der Waals surface area (Å²) < 4.78 is 0. The molecule has 0 aliphatic carbocycles. The van der Waals surface area contributed by atoms with Crippen molar-refractivity contribution in [1.29, 1.82) is 0 Å². The summed E-state index contributed by atoms with van der Waals surface area (Å²) in [7, 11) is 0. The number of hydrogen-bond donors (Lipinski definition) is 2. The summed E-state index contributed by atoms with van der Waals surface area (Å²) in [6.45, 7) is 8.31. The first kappa shape index (κ1) is 23.0. The lowest BCUT2D eigenvalue weighted by molar-refractivity contribution is 0.464. The highest BCUT2D eigenvalue weighted by Crippen LogP contribution is 2.42. The van der Waals surface area contributed by atoms with Crippen molar-refractivity contribution in [1.82, 2.24) is 0 Å². The molecule has 3 heteroatoms. The SMILES string of the molecule is Cc1cc(O)c(C(C)c2ccccc2)cc1Sc1cc(C(C)c2ccccc2)c(O)cc1C. The van der Waals surface area contributed by atoms with Gasteiger partial charge in [-0.1, -0.05) is 86.3 Å². The molecule has 0 aliphatic rings. The average molecular weight is 455 g/mol. The Kier molecular flexibility index (Phi) is 6.80. The van der Waals surface area contributed by atoms with E-state index in [0.717, 1.165) is 32.0 Å². The molecule has 0 saturated carbocycles. The number of benzene rings is 4. The summed E-state index contributed by atoms with van der Waals surface area (Å²) >= 11 is 1.69. The molecule has 168 valence electrons. The van der Waals surface area contributed by atoms with Crippen molar-refractivity contribution < 1.29 is 10.2 Å². The lowest BCUT2D eigenvalue weighted by atomic mass is 9.92. The second-order valence-electron chi connectivity index (χ2n) is 8.72. The zero-order valence-electron chi connectivity index (χ0n) is 19.5. The quantitative estimate of drug-likeness (QED) is 0.309. The molecule has 0 bridgehead atoms. The third-order valence-electron chi connectivity index (χ3n) is 6.40. The number of aromatic hydroxyl groups is 2. The maximum absolute atomic E-state index is 10.7. The molecule has 0 fully saturated rings. The van der Waals surface area contributed by atoms with E-state index < -0.39 is 0 Å². The van der Waals surface area contributed by atoms with Gasteiger partial charge in [-0.3, -0.25) is 0 Å². The lowest BCUT2D eigenvalue weighted by Crippen LogP contribution is -1.99. The van der Waals surface area contributed by atoms with Crippen LogP contribution in [0.2, 0.25) is 0 Å². The Balaban J connectivity index is 1.70. The number of phenols is 2. The van der Waals surface area contributed by atoms with Crippen LogP contribution in [0.1, 0.15) is 59.1 Å². The Morgan fingerprint density at radius 1 is 0.576 bits per heavy atom. The minimum Gasteiger partial charge on any atom is -0.508 e. The van der Waals surface area contributed by atoms with Crippen molar-refractivity contribution >= 4 is 11.8 Å². The smallest absolute Gasteiger partial charge is 0.119 e. The first-order chi connectivity index (χ1) is 15.8. The fraction of sp³-hybridized carbons (Fsp3) is 0.200. The first-order valence-electron chi connectivity index (χ1n) is 11.3. The Labute approximate surface area is 201 Å². The van der Waals surface area contributed by atoms with E-state index in [-0.39, 0.29) is 11.8 Å². The van der Waals surface area contributed by atoms with Crippen molar-refractivity contribution in [3.05, 3.63) is 118 Å². The second-order valence-corrected chi connectivity index (χ2v) is 9.80. The van der Waals surface area contributed by atoms with Gasteiger partial charge >= 0.3 is 0 Å². The van der Waals surface area contributed by atoms with Gasteiger partial charge in [0, 0.05) is 32.8 Å². The summed E-state index contributed by atoms with van der Waals surface area (Å²) in [4.78, 5) is 2.22. The molecule has 0 aliphatic heterocycles. The molecule has 0 heterocycles. The van der Waals surface area contributed by atoms with E-state index in [1.807, 2.05) is 62.4 Å². The van der Waals surface area contributed by atoms with Gasteiger partial charge in [0.25, 0.3) is 0 Å². The molecule has 4 rings (SSSR count). The molecule has 33 heavy (non-hydrogen) atoms. The molecule has 0 saturated heterocycles. The molecule has 2 nitrogen and oxygen atoms in total. The fourth-order valence-electron chi connectivity index (χ4n) is 4.25. The van der Waals surface area contributed by atoms with Crippen LogP contribution in [0.15, 0.2) is 94.7 Å². The maximum Gasteiger partial charge on any atom is 0.119 e. The summed E-state index contributed by atoms with van der Waals surface area (Å²) in [5.74, 6) is 0.824. The van der Waals surface area contributed by atoms with Crippen LogP contribution in [0.5, 0.6) is 11.5 Å². The van der Waals surface area contributed by atoms with Gasteiger partial charge in [0.2, 0.25) is 0 Å². The van der Waals surface area contributed by atoms with E-state index in [1.54, 1.807) is 11.8 Å². The highest BCUT2D eigenvalue weighted by molar-refractivity contribution is 7.99. The Hall–Kier alpha value is -3.17. The van der Waals surface area contributed by atoms with E-state index in [9.17, 15) is 10.2 Å². The van der Waals surface area contributed by atoms with Crippen LogP contribution in [0.3, 0.4) is 0 Å². The van der Waals surface area contributed by atoms with Gasteiger partial charge in [0.15, 0.2) is 0 Å². The molecule has 4 aromatic rings. The van der Waals surface area contributed by atoms with Gasteiger partial charge in [-0.25, -0.2) is 0 Å².